The molecule has 25 heavy (non-hydrogen) atoms. The highest BCUT2D eigenvalue weighted by molar-refractivity contribution is 5.98. The first kappa shape index (κ1) is 15.9. The van der Waals surface area contributed by atoms with Crippen LogP contribution in [0.25, 0.3) is 10.8 Å². The van der Waals surface area contributed by atoms with Crippen molar-refractivity contribution in [1.29, 1.82) is 0 Å². The number of hydrogen-bond donors (Lipinski definition) is 2. The number of fused-ring (bicyclic) bond motifs is 2. The predicted octanol–water partition coefficient (Wildman–Crippen LogP) is 3.49. The van der Waals surface area contributed by atoms with E-state index < -0.39 is 5.60 Å². The van der Waals surface area contributed by atoms with Crippen LogP contribution >= 0.6 is 0 Å². The number of carbonyl (C=O) groups excluding carboxylic acids is 1. The first-order valence-corrected chi connectivity index (χ1v) is 8.69. The zero-order chi connectivity index (χ0) is 17.3. The third-order valence-electron chi connectivity index (χ3n) is 5.09. The average molecular weight is 331 g/mol. The predicted molar refractivity (Wildman–Crippen MR) is 99.7 cm³/mol. The molecular formula is C22H21NO2. The second-order valence-electron chi connectivity index (χ2n) is 6.91. The molecule has 0 radical (unpaired) electrons. The largest absolute Gasteiger partial charge is 0.388 e. The molecule has 0 spiro atoms. The van der Waals surface area contributed by atoms with Gasteiger partial charge in [-0.05, 0) is 46.9 Å². The minimum atomic E-state index is -0.874. The SMILES string of the molecule is O=C(NCC1(O)CCc2ccccc2C1)c1ccc2ccccc2c1. The summed E-state index contributed by atoms with van der Waals surface area (Å²) in [5.41, 5.74) is 2.23. The Bertz CT molecular complexity index is 934. The summed E-state index contributed by atoms with van der Waals surface area (Å²) >= 11 is 0. The molecule has 0 aliphatic heterocycles. The van der Waals surface area contributed by atoms with E-state index in [1.165, 1.54) is 11.1 Å². The zero-order valence-corrected chi connectivity index (χ0v) is 14.0. The molecule has 0 heterocycles. The Labute approximate surface area is 147 Å². The number of amides is 1. The molecule has 126 valence electrons. The third-order valence-corrected chi connectivity index (χ3v) is 5.09. The molecule has 0 saturated heterocycles. The molecule has 0 bridgehead atoms. The van der Waals surface area contributed by atoms with Gasteiger partial charge in [-0.25, -0.2) is 0 Å². The van der Waals surface area contributed by atoms with Crippen molar-refractivity contribution >= 4 is 16.7 Å². The second kappa shape index (κ2) is 6.34. The summed E-state index contributed by atoms with van der Waals surface area (Å²) in [6, 6.07) is 21.9. The second-order valence-corrected chi connectivity index (χ2v) is 6.91. The van der Waals surface area contributed by atoms with Gasteiger partial charge in [-0.3, -0.25) is 4.79 Å². The van der Waals surface area contributed by atoms with Gasteiger partial charge in [0.1, 0.15) is 0 Å². The van der Waals surface area contributed by atoms with Gasteiger partial charge in [0.2, 0.25) is 0 Å². The van der Waals surface area contributed by atoms with E-state index in [1.54, 1.807) is 0 Å². The molecule has 3 nitrogen and oxygen atoms in total. The topological polar surface area (TPSA) is 49.3 Å². The third kappa shape index (κ3) is 3.28. The number of carbonyl (C=O) groups is 1. The van der Waals surface area contributed by atoms with Crippen molar-refractivity contribution in [2.24, 2.45) is 0 Å². The Balaban J connectivity index is 1.46. The van der Waals surface area contributed by atoms with Crippen molar-refractivity contribution in [2.45, 2.75) is 24.9 Å². The normalized spacial score (nSPS) is 19.4. The molecule has 0 aromatic heterocycles. The molecule has 3 aromatic rings. The van der Waals surface area contributed by atoms with Crippen LogP contribution in [-0.4, -0.2) is 23.2 Å². The van der Waals surface area contributed by atoms with E-state index in [2.05, 4.69) is 17.4 Å². The van der Waals surface area contributed by atoms with E-state index in [4.69, 9.17) is 0 Å². The minimum Gasteiger partial charge on any atom is -0.388 e. The van der Waals surface area contributed by atoms with Crippen molar-refractivity contribution in [1.82, 2.24) is 5.32 Å². The van der Waals surface area contributed by atoms with Gasteiger partial charge < -0.3 is 10.4 Å². The van der Waals surface area contributed by atoms with Crippen molar-refractivity contribution < 1.29 is 9.90 Å². The Kier molecular flexibility index (Phi) is 4.02. The molecule has 0 fully saturated rings. The van der Waals surface area contributed by atoms with Gasteiger partial charge in [0, 0.05) is 18.5 Å². The molecule has 4 rings (SSSR count). The van der Waals surface area contributed by atoms with E-state index in [0.717, 1.165) is 17.2 Å². The standard InChI is InChI=1S/C22H21NO2/c24-21(19-10-9-16-5-1-3-7-18(16)13-19)23-15-22(25)12-11-17-6-2-4-8-20(17)14-22/h1-10,13,25H,11-12,14-15H2,(H,23,24). The van der Waals surface area contributed by atoms with Crippen LogP contribution in [0.2, 0.25) is 0 Å². The number of hydrogen-bond acceptors (Lipinski definition) is 2. The van der Waals surface area contributed by atoms with Crippen molar-refractivity contribution in [3.63, 3.8) is 0 Å². The van der Waals surface area contributed by atoms with Crippen LogP contribution in [0.4, 0.5) is 0 Å². The maximum atomic E-state index is 12.5. The molecule has 0 saturated carbocycles. The molecule has 3 heteroatoms. The van der Waals surface area contributed by atoms with Gasteiger partial charge in [-0.2, -0.15) is 0 Å². The Morgan fingerprint density at radius 2 is 1.68 bits per heavy atom. The first-order chi connectivity index (χ1) is 12.1. The summed E-state index contributed by atoms with van der Waals surface area (Å²) < 4.78 is 0. The van der Waals surface area contributed by atoms with Crippen molar-refractivity contribution in [3.8, 4) is 0 Å². The van der Waals surface area contributed by atoms with Crippen molar-refractivity contribution in [3.05, 3.63) is 83.4 Å². The van der Waals surface area contributed by atoms with E-state index in [9.17, 15) is 9.90 Å². The summed E-state index contributed by atoms with van der Waals surface area (Å²) in [4.78, 5) is 12.5. The Morgan fingerprint density at radius 1 is 0.960 bits per heavy atom. The van der Waals surface area contributed by atoms with Crippen LogP contribution in [0.5, 0.6) is 0 Å². The Morgan fingerprint density at radius 3 is 2.52 bits per heavy atom. The highest BCUT2D eigenvalue weighted by Crippen LogP contribution is 2.28. The van der Waals surface area contributed by atoms with Gasteiger partial charge in [0.25, 0.3) is 5.91 Å². The number of benzene rings is 3. The lowest BCUT2D eigenvalue weighted by Crippen LogP contribution is -2.46. The van der Waals surface area contributed by atoms with Crippen molar-refractivity contribution in [2.75, 3.05) is 6.54 Å². The first-order valence-electron chi connectivity index (χ1n) is 8.69. The molecule has 1 aliphatic carbocycles. The highest BCUT2D eigenvalue weighted by atomic mass is 16.3. The molecule has 1 unspecified atom stereocenters. The van der Waals surface area contributed by atoms with E-state index >= 15 is 0 Å². The van der Waals surface area contributed by atoms with Gasteiger partial charge in [0.15, 0.2) is 0 Å². The molecule has 2 N–H and O–H groups in total. The highest BCUT2D eigenvalue weighted by Gasteiger charge is 2.32. The quantitative estimate of drug-likeness (QED) is 0.772. The van der Waals surface area contributed by atoms with Crippen LogP contribution in [0.15, 0.2) is 66.7 Å². The Hall–Kier alpha value is -2.65. The van der Waals surface area contributed by atoms with Gasteiger partial charge >= 0.3 is 0 Å². The van der Waals surface area contributed by atoms with E-state index in [-0.39, 0.29) is 12.5 Å². The summed E-state index contributed by atoms with van der Waals surface area (Å²) in [6.07, 6.45) is 2.10. The molecule has 1 atom stereocenters. The van der Waals surface area contributed by atoms with E-state index in [0.29, 0.717) is 18.4 Å². The van der Waals surface area contributed by atoms with Crippen LogP contribution in [0.3, 0.4) is 0 Å². The fourth-order valence-electron chi connectivity index (χ4n) is 3.61. The zero-order valence-electron chi connectivity index (χ0n) is 14.0. The van der Waals surface area contributed by atoms with Crippen LogP contribution in [-0.2, 0) is 12.8 Å². The monoisotopic (exact) mass is 331 g/mol. The summed E-state index contributed by atoms with van der Waals surface area (Å²) in [5, 5.41) is 15.9. The van der Waals surface area contributed by atoms with Crippen LogP contribution in [0.1, 0.15) is 27.9 Å². The van der Waals surface area contributed by atoms with Crippen LogP contribution in [0, 0.1) is 0 Å². The average Bonchev–Trinajstić information content (AvgIpc) is 2.65. The molecular weight excluding hydrogens is 310 g/mol. The van der Waals surface area contributed by atoms with Gasteiger partial charge in [-0.15, -0.1) is 0 Å². The summed E-state index contributed by atoms with van der Waals surface area (Å²) in [5.74, 6) is -0.141. The number of aryl methyl sites for hydroxylation is 1. The van der Waals surface area contributed by atoms with Gasteiger partial charge in [-0.1, -0.05) is 54.6 Å². The number of nitrogens with one attached hydrogen (secondary N) is 1. The maximum Gasteiger partial charge on any atom is 0.251 e. The summed E-state index contributed by atoms with van der Waals surface area (Å²) in [7, 11) is 0. The molecule has 1 aliphatic rings. The fourth-order valence-corrected chi connectivity index (χ4v) is 3.61. The molecule has 3 aromatic carbocycles. The lowest BCUT2D eigenvalue weighted by atomic mass is 9.80. The van der Waals surface area contributed by atoms with Crippen LogP contribution < -0.4 is 5.32 Å². The smallest absolute Gasteiger partial charge is 0.251 e. The number of aliphatic hydroxyl groups is 1. The fraction of sp³-hybridized carbons (Fsp3) is 0.227. The minimum absolute atomic E-state index is 0.141. The summed E-state index contributed by atoms with van der Waals surface area (Å²) in [6.45, 7) is 0.271. The van der Waals surface area contributed by atoms with Gasteiger partial charge in [0.05, 0.1) is 5.60 Å². The number of rotatable bonds is 3. The molecule has 1 amide bonds. The lowest BCUT2D eigenvalue weighted by Gasteiger charge is -2.33. The maximum absolute atomic E-state index is 12.5. The lowest BCUT2D eigenvalue weighted by molar-refractivity contribution is 0.0260. The van der Waals surface area contributed by atoms with E-state index in [1.807, 2.05) is 54.6 Å².